The Bertz CT molecular complexity index is 419. The normalized spacial score (nSPS) is 20.2. The standard InChI is InChI=1S/C15H23FN2O/c1-11-9-13(3-4-14(11)16)15(19)12(2)10-18-7-5-17-6-8-18/h3-4,9,12,15,17,19H,5-8,10H2,1-2H3. The summed E-state index contributed by atoms with van der Waals surface area (Å²) in [6.07, 6.45) is -0.533. The Hall–Kier alpha value is -0.970. The number of hydrogen-bond acceptors (Lipinski definition) is 3. The highest BCUT2D eigenvalue weighted by atomic mass is 19.1. The molecule has 1 aliphatic heterocycles. The molecule has 106 valence electrons. The van der Waals surface area contributed by atoms with E-state index >= 15 is 0 Å². The van der Waals surface area contributed by atoms with Crippen LogP contribution in [0.3, 0.4) is 0 Å². The maximum absolute atomic E-state index is 13.2. The molecule has 0 aliphatic carbocycles. The van der Waals surface area contributed by atoms with Crippen LogP contribution in [0.4, 0.5) is 4.39 Å². The van der Waals surface area contributed by atoms with E-state index in [1.54, 1.807) is 19.1 Å². The summed E-state index contributed by atoms with van der Waals surface area (Å²) in [5.41, 5.74) is 1.40. The van der Waals surface area contributed by atoms with Crippen LogP contribution in [-0.2, 0) is 0 Å². The highest BCUT2D eigenvalue weighted by Gasteiger charge is 2.21. The number of aliphatic hydroxyl groups is 1. The Morgan fingerprint density at radius 1 is 1.37 bits per heavy atom. The second-order valence-electron chi connectivity index (χ2n) is 5.48. The van der Waals surface area contributed by atoms with Crippen LogP contribution < -0.4 is 5.32 Å². The van der Waals surface area contributed by atoms with Crippen LogP contribution >= 0.6 is 0 Å². The van der Waals surface area contributed by atoms with Gasteiger partial charge in [0.2, 0.25) is 0 Å². The lowest BCUT2D eigenvalue weighted by Crippen LogP contribution is -2.45. The summed E-state index contributed by atoms with van der Waals surface area (Å²) in [6, 6.07) is 4.86. The second-order valence-corrected chi connectivity index (χ2v) is 5.48. The lowest BCUT2D eigenvalue weighted by Gasteiger charge is -2.31. The van der Waals surface area contributed by atoms with Crippen molar-refractivity contribution < 1.29 is 9.50 Å². The first-order valence-electron chi connectivity index (χ1n) is 6.95. The molecule has 0 aromatic heterocycles. The predicted octanol–water partition coefficient (Wildman–Crippen LogP) is 1.71. The van der Waals surface area contributed by atoms with Crippen LogP contribution in [0.5, 0.6) is 0 Å². The third-order valence-corrected chi connectivity index (χ3v) is 3.82. The number of aryl methyl sites for hydroxylation is 1. The number of hydrogen-bond donors (Lipinski definition) is 2. The van der Waals surface area contributed by atoms with Crippen molar-refractivity contribution in [2.45, 2.75) is 20.0 Å². The molecule has 3 nitrogen and oxygen atoms in total. The zero-order valence-electron chi connectivity index (χ0n) is 11.7. The molecule has 2 unspecified atom stereocenters. The van der Waals surface area contributed by atoms with E-state index in [1.807, 2.05) is 6.92 Å². The molecule has 1 aliphatic rings. The van der Waals surface area contributed by atoms with Gasteiger partial charge in [0, 0.05) is 32.7 Å². The van der Waals surface area contributed by atoms with Gasteiger partial charge in [0.1, 0.15) is 5.82 Å². The Balaban J connectivity index is 1.97. The quantitative estimate of drug-likeness (QED) is 0.871. The Morgan fingerprint density at radius 2 is 2.05 bits per heavy atom. The fraction of sp³-hybridized carbons (Fsp3) is 0.600. The highest BCUT2D eigenvalue weighted by molar-refractivity contribution is 5.26. The maximum Gasteiger partial charge on any atom is 0.126 e. The molecule has 0 spiro atoms. The third kappa shape index (κ3) is 3.75. The van der Waals surface area contributed by atoms with E-state index in [0.717, 1.165) is 38.3 Å². The fourth-order valence-electron chi connectivity index (χ4n) is 2.58. The van der Waals surface area contributed by atoms with Gasteiger partial charge in [0.05, 0.1) is 6.10 Å². The first kappa shape index (κ1) is 14.4. The predicted molar refractivity (Wildman–Crippen MR) is 74.6 cm³/mol. The summed E-state index contributed by atoms with van der Waals surface area (Å²) < 4.78 is 13.2. The molecule has 2 atom stereocenters. The van der Waals surface area contributed by atoms with Crippen molar-refractivity contribution in [2.24, 2.45) is 5.92 Å². The van der Waals surface area contributed by atoms with E-state index in [1.165, 1.54) is 6.07 Å². The molecule has 1 heterocycles. The molecule has 1 saturated heterocycles. The summed E-state index contributed by atoms with van der Waals surface area (Å²) in [5, 5.41) is 13.7. The number of nitrogens with one attached hydrogen (secondary N) is 1. The van der Waals surface area contributed by atoms with Crippen molar-refractivity contribution in [1.82, 2.24) is 10.2 Å². The van der Waals surface area contributed by atoms with E-state index in [9.17, 15) is 9.50 Å². The van der Waals surface area contributed by atoms with Crippen molar-refractivity contribution in [3.63, 3.8) is 0 Å². The number of rotatable bonds is 4. The van der Waals surface area contributed by atoms with Crippen LogP contribution in [-0.4, -0.2) is 42.7 Å². The van der Waals surface area contributed by atoms with Gasteiger partial charge >= 0.3 is 0 Å². The number of aliphatic hydroxyl groups excluding tert-OH is 1. The van der Waals surface area contributed by atoms with E-state index in [2.05, 4.69) is 10.2 Å². The Labute approximate surface area is 114 Å². The molecule has 4 heteroatoms. The van der Waals surface area contributed by atoms with Gasteiger partial charge in [-0.25, -0.2) is 4.39 Å². The minimum absolute atomic E-state index is 0.142. The van der Waals surface area contributed by atoms with Crippen LogP contribution in [0.15, 0.2) is 18.2 Å². The summed E-state index contributed by atoms with van der Waals surface area (Å²) in [7, 11) is 0. The largest absolute Gasteiger partial charge is 0.388 e. The minimum atomic E-state index is -0.533. The second kappa shape index (κ2) is 6.46. The monoisotopic (exact) mass is 266 g/mol. The summed E-state index contributed by atoms with van der Waals surface area (Å²) in [4.78, 5) is 2.36. The molecule has 0 bridgehead atoms. The minimum Gasteiger partial charge on any atom is -0.388 e. The zero-order valence-corrected chi connectivity index (χ0v) is 11.7. The van der Waals surface area contributed by atoms with Gasteiger partial charge in [0.15, 0.2) is 0 Å². The van der Waals surface area contributed by atoms with Gasteiger partial charge in [0.25, 0.3) is 0 Å². The number of benzene rings is 1. The molecule has 1 aromatic rings. The maximum atomic E-state index is 13.2. The molecule has 2 rings (SSSR count). The molecule has 2 N–H and O–H groups in total. The fourth-order valence-corrected chi connectivity index (χ4v) is 2.58. The molecule has 1 aromatic carbocycles. The number of halogens is 1. The van der Waals surface area contributed by atoms with Gasteiger partial charge in [-0.05, 0) is 30.0 Å². The third-order valence-electron chi connectivity index (χ3n) is 3.82. The topological polar surface area (TPSA) is 35.5 Å². The molecule has 0 radical (unpaired) electrons. The summed E-state index contributed by atoms with van der Waals surface area (Å²) in [5.74, 6) is -0.0753. The molecule has 0 amide bonds. The first-order chi connectivity index (χ1) is 9.08. The molecule has 1 fully saturated rings. The van der Waals surface area contributed by atoms with Crippen molar-refractivity contribution in [1.29, 1.82) is 0 Å². The average molecular weight is 266 g/mol. The zero-order chi connectivity index (χ0) is 13.8. The van der Waals surface area contributed by atoms with Gasteiger partial charge in [-0.2, -0.15) is 0 Å². The van der Waals surface area contributed by atoms with Gasteiger partial charge in [-0.15, -0.1) is 0 Å². The summed E-state index contributed by atoms with van der Waals surface area (Å²) >= 11 is 0. The van der Waals surface area contributed by atoms with E-state index in [4.69, 9.17) is 0 Å². The molecule has 19 heavy (non-hydrogen) atoms. The van der Waals surface area contributed by atoms with Crippen LogP contribution in [0.1, 0.15) is 24.2 Å². The number of piperazine rings is 1. The van der Waals surface area contributed by atoms with E-state index in [-0.39, 0.29) is 11.7 Å². The molecule has 0 saturated carbocycles. The average Bonchev–Trinajstić information content (AvgIpc) is 2.42. The Morgan fingerprint density at radius 3 is 2.68 bits per heavy atom. The lowest BCUT2D eigenvalue weighted by atomic mass is 9.95. The van der Waals surface area contributed by atoms with Crippen LogP contribution in [0.25, 0.3) is 0 Å². The summed E-state index contributed by atoms with van der Waals surface area (Å²) in [6.45, 7) is 8.73. The van der Waals surface area contributed by atoms with Gasteiger partial charge in [-0.3, -0.25) is 0 Å². The molecular formula is C15H23FN2O. The van der Waals surface area contributed by atoms with E-state index < -0.39 is 6.10 Å². The van der Waals surface area contributed by atoms with Crippen molar-refractivity contribution in [3.8, 4) is 0 Å². The van der Waals surface area contributed by atoms with Crippen molar-refractivity contribution in [2.75, 3.05) is 32.7 Å². The van der Waals surface area contributed by atoms with Gasteiger partial charge in [-0.1, -0.05) is 19.1 Å². The smallest absolute Gasteiger partial charge is 0.126 e. The Kier molecular flexibility index (Phi) is 4.91. The number of nitrogens with zero attached hydrogens (tertiary/aromatic N) is 1. The van der Waals surface area contributed by atoms with Crippen LogP contribution in [0, 0.1) is 18.7 Å². The molecular weight excluding hydrogens is 243 g/mol. The van der Waals surface area contributed by atoms with Crippen molar-refractivity contribution in [3.05, 3.63) is 35.1 Å². The SMILES string of the molecule is Cc1cc(C(O)C(C)CN2CCNCC2)ccc1F. The van der Waals surface area contributed by atoms with Crippen LogP contribution in [0.2, 0.25) is 0 Å². The lowest BCUT2D eigenvalue weighted by molar-refractivity contribution is 0.0841. The van der Waals surface area contributed by atoms with Gasteiger partial charge < -0.3 is 15.3 Å². The van der Waals surface area contributed by atoms with E-state index in [0.29, 0.717) is 5.56 Å². The highest BCUT2D eigenvalue weighted by Crippen LogP contribution is 2.24. The van der Waals surface area contributed by atoms with Crippen molar-refractivity contribution >= 4 is 0 Å². The first-order valence-corrected chi connectivity index (χ1v) is 6.95.